The molecule has 210 valence electrons. The quantitative estimate of drug-likeness (QED) is 0.249. The van der Waals surface area contributed by atoms with Crippen molar-refractivity contribution in [3.8, 4) is 0 Å². The van der Waals surface area contributed by atoms with Gasteiger partial charge in [0.25, 0.3) is 0 Å². The zero-order valence-corrected chi connectivity index (χ0v) is 23.4. The Morgan fingerprint density at radius 1 is 1.00 bits per heavy atom. The molecule has 0 radical (unpaired) electrons. The topological polar surface area (TPSA) is 122 Å². The second-order valence-electron chi connectivity index (χ2n) is 10.2. The summed E-state index contributed by atoms with van der Waals surface area (Å²) in [7, 11) is 1.71. The number of benzene rings is 2. The molecule has 3 heterocycles. The molecule has 0 bridgehead atoms. The number of hydrogen-bond donors (Lipinski definition) is 3. The summed E-state index contributed by atoms with van der Waals surface area (Å²) in [6.07, 6.45) is 2.36. The van der Waals surface area contributed by atoms with E-state index in [1.54, 1.807) is 35.9 Å². The smallest absolute Gasteiger partial charge is 0.309 e. The van der Waals surface area contributed by atoms with Crippen LogP contribution < -0.4 is 0 Å². The predicted octanol–water partition coefficient (Wildman–Crippen LogP) is 5.57. The number of H-pyrrole nitrogens is 1. The van der Waals surface area contributed by atoms with Gasteiger partial charge in [-0.2, -0.15) is 0 Å². The molecule has 1 unspecified atom stereocenters. The monoisotopic (exact) mass is 544 g/mol. The molecule has 2 aromatic carbocycles. The molecule has 0 aliphatic carbocycles. The Morgan fingerprint density at radius 2 is 1.73 bits per heavy atom. The van der Waals surface area contributed by atoms with Gasteiger partial charge in [0.05, 0.1) is 30.8 Å². The average molecular weight is 545 g/mol. The van der Waals surface area contributed by atoms with Gasteiger partial charge in [0.15, 0.2) is 0 Å². The number of ether oxygens (including phenoxy) is 1. The van der Waals surface area contributed by atoms with Crippen LogP contribution in [-0.4, -0.2) is 44.1 Å². The van der Waals surface area contributed by atoms with E-state index in [-0.39, 0.29) is 18.6 Å². The number of nitrogens with one attached hydrogen (secondary N) is 1. The van der Waals surface area contributed by atoms with Crippen LogP contribution in [-0.2, 0) is 46.2 Å². The van der Waals surface area contributed by atoms with Crippen LogP contribution in [0.3, 0.4) is 0 Å². The summed E-state index contributed by atoms with van der Waals surface area (Å²) in [5.74, 6) is -1.83. The molecule has 1 aliphatic rings. The Hall–Kier alpha value is -4.17. The maximum absolute atomic E-state index is 12.3. The number of aliphatic carboxylic acids is 2. The minimum absolute atomic E-state index is 0.00474. The SMILES string of the molecule is CCc1cccc2c3c([nH]c12)C(CC)(CC(=O)O)OCC3.Cc1ccc(C(=O)c2ccc(CC(=O)O)n2C)cc1. The van der Waals surface area contributed by atoms with Gasteiger partial charge in [-0.05, 0) is 49.4 Å². The molecule has 8 nitrogen and oxygen atoms in total. The number of aryl methyl sites for hydroxylation is 2. The van der Waals surface area contributed by atoms with Gasteiger partial charge >= 0.3 is 11.9 Å². The maximum Gasteiger partial charge on any atom is 0.309 e. The first-order chi connectivity index (χ1) is 19.1. The molecular formula is C32H36N2O6. The fourth-order valence-corrected chi connectivity index (χ4v) is 5.45. The first kappa shape index (κ1) is 28.8. The molecule has 0 saturated heterocycles. The summed E-state index contributed by atoms with van der Waals surface area (Å²) in [5.41, 5.74) is 6.69. The lowest BCUT2D eigenvalue weighted by Crippen LogP contribution is -2.37. The van der Waals surface area contributed by atoms with Crippen molar-refractivity contribution in [2.45, 2.75) is 58.5 Å². The normalized spacial score (nSPS) is 16.2. The van der Waals surface area contributed by atoms with Crippen LogP contribution in [0.25, 0.3) is 10.9 Å². The Morgan fingerprint density at radius 3 is 2.35 bits per heavy atom. The molecule has 8 heteroatoms. The first-order valence-corrected chi connectivity index (χ1v) is 13.6. The number of carbonyl (C=O) groups is 3. The lowest BCUT2D eigenvalue weighted by Gasteiger charge is -2.35. The highest BCUT2D eigenvalue weighted by Gasteiger charge is 2.40. The summed E-state index contributed by atoms with van der Waals surface area (Å²) >= 11 is 0. The number of hydrogen-bond acceptors (Lipinski definition) is 4. The number of carboxylic acids is 2. The Labute approximate surface area is 233 Å². The molecule has 0 amide bonds. The molecule has 4 aromatic rings. The van der Waals surface area contributed by atoms with E-state index < -0.39 is 17.5 Å². The molecule has 1 atom stereocenters. The van der Waals surface area contributed by atoms with Crippen molar-refractivity contribution in [1.82, 2.24) is 9.55 Å². The zero-order valence-electron chi connectivity index (χ0n) is 23.4. The van der Waals surface area contributed by atoms with Crippen LogP contribution in [0.15, 0.2) is 54.6 Å². The van der Waals surface area contributed by atoms with Crippen molar-refractivity contribution in [2.75, 3.05) is 6.61 Å². The van der Waals surface area contributed by atoms with Gasteiger partial charge in [0.2, 0.25) is 5.78 Å². The molecule has 5 rings (SSSR count). The van der Waals surface area contributed by atoms with Crippen molar-refractivity contribution in [3.63, 3.8) is 0 Å². The number of rotatable bonds is 8. The number of carbonyl (C=O) groups excluding carboxylic acids is 1. The third kappa shape index (κ3) is 5.72. The van der Waals surface area contributed by atoms with E-state index in [9.17, 15) is 19.5 Å². The van der Waals surface area contributed by atoms with E-state index in [0.717, 1.165) is 29.6 Å². The molecule has 40 heavy (non-hydrogen) atoms. The largest absolute Gasteiger partial charge is 0.481 e. The first-order valence-electron chi connectivity index (χ1n) is 13.6. The van der Waals surface area contributed by atoms with Crippen molar-refractivity contribution in [1.29, 1.82) is 0 Å². The lowest BCUT2D eigenvalue weighted by atomic mass is 9.86. The van der Waals surface area contributed by atoms with Crippen LogP contribution in [0.5, 0.6) is 0 Å². The van der Waals surface area contributed by atoms with Crippen LogP contribution in [0.4, 0.5) is 0 Å². The van der Waals surface area contributed by atoms with E-state index in [1.165, 1.54) is 16.5 Å². The molecule has 0 fully saturated rings. The van der Waals surface area contributed by atoms with Gasteiger partial charge in [0.1, 0.15) is 5.60 Å². The third-order valence-electron chi connectivity index (χ3n) is 7.71. The number of aromatic nitrogens is 2. The highest BCUT2D eigenvalue weighted by atomic mass is 16.5. The predicted molar refractivity (Wildman–Crippen MR) is 153 cm³/mol. The number of para-hydroxylation sites is 1. The summed E-state index contributed by atoms with van der Waals surface area (Å²) in [6.45, 7) is 6.67. The highest BCUT2D eigenvalue weighted by molar-refractivity contribution is 6.08. The number of fused-ring (bicyclic) bond motifs is 3. The molecular weight excluding hydrogens is 508 g/mol. The van der Waals surface area contributed by atoms with Crippen molar-refractivity contribution < 1.29 is 29.3 Å². The van der Waals surface area contributed by atoms with Gasteiger partial charge in [-0.25, -0.2) is 0 Å². The van der Waals surface area contributed by atoms with Crippen LogP contribution in [0, 0.1) is 6.92 Å². The molecule has 0 spiro atoms. The summed E-state index contributed by atoms with van der Waals surface area (Å²) in [5, 5.41) is 19.3. The standard InChI is InChI=1S/C17H21NO3.C15H15NO3/c1-3-11-6-5-7-12-13-8-9-21-17(4-2,10-14(19)20)16(13)18-15(11)12;1-10-3-5-11(6-4-10)15(19)13-8-7-12(16(13)2)9-14(17)18/h5-7,18H,3-4,8-10H2,1-2H3,(H,19,20);3-8H,9H2,1-2H3,(H,17,18). The second kappa shape index (κ2) is 11.9. The van der Waals surface area contributed by atoms with Gasteiger partial charge < -0.3 is 24.5 Å². The average Bonchev–Trinajstić information content (AvgIpc) is 3.49. The van der Waals surface area contributed by atoms with Crippen molar-refractivity contribution in [3.05, 3.63) is 93.9 Å². The van der Waals surface area contributed by atoms with Gasteiger partial charge in [-0.1, -0.05) is 61.9 Å². The highest BCUT2D eigenvalue weighted by Crippen LogP contribution is 2.42. The van der Waals surface area contributed by atoms with E-state index in [2.05, 4.69) is 30.1 Å². The van der Waals surface area contributed by atoms with Crippen molar-refractivity contribution in [2.24, 2.45) is 7.05 Å². The zero-order chi connectivity index (χ0) is 29.0. The second-order valence-corrected chi connectivity index (χ2v) is 10.2. The van der Waals surface area contributed by atoms with Gasteiger partial charge in [-0.15, -0.1) is 0 Å². The van der Waals surface area contributed by atoms with Gasteiger partial charge in [0, 0.05) is 29.2 Å². The minimum Gasteiger partial charge on any atom is -0.481 e. The Balaban J connectivity index is 0.000000186. The van der Waals surface area contributed by atoms with E-state index >= 15 is 0 Å². The lowest BCUT2D eigenvalue weighted by molar-refractivity contribution is -0.148. The summed E-state index contributed by atoms with van der Waals surface area (Å²) < 4.78 is 7.58. The maximum atomic E-state index is 12.3. The Kier molecular flexibility index (Phi) is 8.59. The van der Waals surface area contributed by atoms with Crippen LogP contribution in [0.1, 0.15) is 70.8 Å². The number of ketones is 1. The van der Waals surface area contributed by atoms with Crippen LogP contribution >= 0.6 is 0 Å². The fraction of sp³-hybridized carbons (Fsp3) is 0.344. The summed E-state index contributed by atoms with van der Waals surface area (Å²) in [6, 6.07) is 17.0. The Bertz CT molecular complexity index is 1550. The number of aromatic amines is 1. The number of nitrogens with zero attached hydrogens (tertiary/aromatic N) is 1. The third-order valence-corrected chi connectivity index (χ3v) is 7.71. The van der Waals surface area contributed by atoms with E-state index in [1.807, 2.05) is 26.0 Å². The molecule has 0 saturated carbocycles. The van der Waals surface area contributed by atoms with E-state index in [4.69, 9.17) is 9.84 Å². The molecule has 2 aromatic heterocycles. The van der Waals surface area contributed by atoms with Gasteiger partial charge in [-0.3, -0.25) is 14.4 Å². The van der Waals surface area contributed by atoms with Crippen LogP contribution in [0.2, 0.25) is 0 Å². The summed E-state index contributed by atoms with van der Waals surface area (Å²) in [4.78, 5) is 37.8. The molecule has 3 N–H and O–H groups in total. The van der Waals surface area contributed by atoms with E-state index in [0.29, 0.717) is 30.0 Å². The number of carboxylic acid groups (broad SMARTS) is 2. The molecule has 1 aliphatic heterocycles. The van der Waals surface area contributed by atoms with Crippen molar-refractivity contribution >= 4 is 28.6 Å². The minimum atomic E-state index is -0.907. The fourth-order valence-electron chi connectivity index (χ4n) is 5.45.